The number of benzene rings is 2. The van der Waals surface area contributed by atoms with Gasteiger partial charge in [0, 0.05) is 26.2 Å². The van der Waals surface area contributed by atoms with Crippen molar-refractivity contribution in [2.24, 2.45) is 0 Å². The number of carbonyl (C=O) groups excluding carboxylic acids is 1. The number of carbonyl (C=O) groups is 1. The molecule has 9 heteroatoms. The van der Waals surface area contributed by atoms with Gasteiger partial charge < -0.3 is 14.5 Å². The summed E-state index contributed by atoms with van der Waals surface area (Å²) in [4.78, 5) is 28.5. The van der Waals surface area contributed by atoms with Gasteiger partial charge in [0.05, 0.1) is 21.4 Å². The van der Waals surface area contributed by atoms with Crippen molar-refractivity contribution in [3.05, 3.63) is 63.2 Å². The van der Waals surface area contributed by atoms with Crippen LogP contribution in [0.1, 0.15) is 10.4 Å². The Morgan fingerprint density at radius 1 is 1.21 bits per heavy atom. The van der Waals surface area contributed by atoms with Crippen LogP contribution in [-0.4, -0.2) is 59.1 Å². The zero-order chi connectivity index (χ0) is 20.5. The van der Waals surface area contributed by atoms with Gasteiger partial charge in [-0.1, -0.05) is 17.7 Å². The quantitative estimate of drug-likeness (QED) is 0.710. The molecule has 0 spiro atoms. The van der Waals surface area contributed by atoms with E-state index < -0.39 is 17.3 Å². The number of fused-ring (bicyclic) bond motifs is 1. The van der Waals surface area contributed by atoms with E-state index >= 15 is 0 Å². The van der Waals surface area contributed by atoms with Crippen molar-refractivity contribution in [2.45, 2.75) is 0 Å². The van der Waals surface area contributed by atoms with Gasteiger partial charge >= 0.3 is 0 Å². The predicted molar refractivity (Wildman–Crippen MR) is 107 cm³/mol. The molecule has 1 aliphatic heterocycles. The molecule has 0 aliphatic carbocycles. The summed E-state index contributed by atoms with van der Waals surface area (Å²) < 4.78 is 20.1. The van der Waals surface area contributed by atoms with Gasteiger partial charge in [-0.05, 0) is 37.4 Å². The van der Waals surface area contributed by atoms with E-state index in [0.717, 1.165) is 13.1 Å². The first-order valence-corrected chi connectivity index (χ1v) is 9.44. The smallest absolute Gasteiger partial charge is 0.272 e. The van der Waals surface area contributed by atoms with Gasteiger partial charge in [-0.15, -0.1) is 5.10 Å². The highest BCUT2D eigenvalue weighted by Crippen LogP contribution is 2.32. The Balaban J connectivity index is 1.67. The third-order valence-corrected chi connectivity index (χ3v) is 5.22. The van der Waals surface area contributed by atoms with Crippen LogP contribution in [0, 0.1) is 5.82 Å². The van der Waals surface area contributed by atoms with Crippen molar-refractivity contribution >= 4 is 28.3 Å². The Hall–Kier alpha value is -2.97. The normalized spacial score (nSPS) is 14.9. The third-order valence-electron chi connectivity index (χ3n) is 4.90. The van der Waals surface area contributed by atoms with Gasteiger partial charge in [0.1, 0.15) is 11.6 Å². The fraction of sp³-hybridized carbons (Fsp3) is 0.250. The number of hydrogen-bond acceptors (Lipinski definition) is 5. The summed E-state index contributed by atoms with van der Waals surface area (Å²) in [6.45, 7) is 2.52. The van der Waals surface area contributed by atoms with Crippen molar-refractivity contribution in [3.8, 4) is 11.6 Å². The summed E-state index contributed by atoms with van der Waals surface area (Å²) >= 11 is 6.22. The number of aromatic nitrogens is 2. The molecule has 1 aliphatic rings. The fourth-order valence-electron chi connectivity index (χ4n) is 3.25. The molecule has 1 fully saturated rings. The number of H-pyrrole nitrogens is 1. The number of amides is 1. The first-order valence-electron chi connectivity index (χ1n) is 9.06. The largest absolute Gasteiger partial charge is 0.437 e. The van der Waals surface area contributed by atoms with Crippen LogP contribution in [0.15, 0.2) is 41.2 Å². The number of rotatable bonds is 3. The fourth-order valence-corrected chi connectivity index (χ4v) is 3.50. The van der Waals surface area contributed by atoms with E-state index in [1.807, 2.05) is 7.05 Å². The summed E-state index contributed by atoms with van der Waals surface area (Å²) in [5.74, 6) is -0.739. The molecule has 0 unspecified atom stereocenters. The molecule has 0 radical (unpaired) electrons. The summed E-state index contributed by atoms with van der Waals surface area (Å²) in [6, 6.07) is 8.77. The highest BCUT2D eigenvalue weighted by atomic mass is 35.5. The maximum atomic E-state index is 14.4. The molecule has 2 aromatic carbocycles. The van der Waals surface area contributed by atoms with E-state index in [1.165, 1.54) is 18.2 Å². The Labute approximate surface area is 170 Å². The van der Waals surface area contributed by atoms with Crippen LogP contribution in [0.5, 0.6) is 11.6 Å². The predicted octanol–water partition coefficient (Wildman–Crippen LogP) is 2.90. The first kappa shape index (κ1) is 19.4. The van der Waals surface area contributed by atoms with Crippen molar-refractivity contribution < 1.29 is 13.9 Å². The van der Waals surface area contributed by atoms with Crippen molar-refractivity contribution in [3.63, 3.8) is 0 Å². The van der Waals surface area contributed by atoms with Gasteiger partial charge in [0.15, 0.2) is 0 Å². The number of nitrogens with zero attached hydrogens (tertiary/aromatic N) is 3. The lowest BCUT2D eigenvalue weighted by molar-refractivity contribution is 0.0659. The molecule has 0 atom stereocenters. The molecule has 2 heterocycles. The van der Waals surface area contributed by atoms with Crippen LogP contribution >= 0.6 is 11.6 Å². The van der Waals surface area contributed by atoms with E-state index in [1.54, 1.807) is 23.1 Å². The van der Waals surface area contributed by atoms with Crippen LogP contribution in [0.3, 0.4) is 0 Å². The summed E-state index contributed by atoms with van der Waals surface area (Å²) in [5, 5.41) is 7.23. The van der Waals surface area contributed by atoms with Crippen molar-refractivity contribution in [1.82, 2.24) is 20.0 Å². The molecule has 150 valence electrons. The van der Waals surface area contributed by atoms with Gasteiger partial charge in [-0.25, -0.2) is 9.49 Å². The average molecular weight is 417 g/mol. The molecule has 3 aromatic rings. The Bertz CT molecular complexity index is 1140. The zero-order valence-corrected chi connectivity index (χ0v) is 16.4. The minimum absolute atomic E-state index is 0.0646. The lowest BCUT2D eigenvalue weighted by atomic mass is 10.1. The summed E-state index contributed by atoms with van der Waals surface area (Å²) in [5.41, 5.74) is -0.480. The van der Waals surface area contributed by atoms with Gasteiger partial charge in [-0.2, -0.15) is 0 Å². The Kier molecular flexibility index (Phi) is 5.21. The molecule has 1 amide bonds. The van der Waals surface area contributed by atoms with Crippen LogP contribution in [-0.2, 0) is 0 Å². The minimum Gasteiger partial charge on any atom is -0.437 e. The highest BCUT2D eigenvalue weighted by molar-refractivity contribution is 6.36. The van der Waals surface area contributed by atoms with E-state index in [2.05, 4.69) is 15.1 Å². The second-order valence-corrected chi connectivity index (χ2v) is 7.27. The molecule has 0 saturated carbocycles. The van der Waals surface area contributed by atoms with Gasteiger partial charge in [0.2, 0.25) is 5.88 Å². The molecular formula is C20H18ClFN4O3. The Morgan fingerprint density at radius 3 is 2.72 bits per heavy atom. The molecule has 29 heavy (non-hydrogen) atoms. The van der Waals surface area contributed by atoms with Crippen LogP contribution in [0.2, 0.25) is 5.02 Å². The monoisotopic (exact) mass is 416 g/mol. The molecule has 1 saturated heterocycles. The SMILES string of the molecule is CN1CCN(C(=O)c2cc(Oc3n[nH]c(=O)c4cccc(Cl)c34)ccc2F)CC1. The van der Waals surface area contributed by atoms with Crippen molar-refractivity contribution in [2.75, 3.05) is 33.2 Å². The zero-order valence-electron chi connectivity index (χ0n) is 15.6. The molecule has 4 rings (SSSR count). The van der Waals surface area contributed by atoms with Crippen LogP contribution in [0.25, 0.3) is 10.8 Å². The minimum atomic E-state index is -0.626. The van der Waals surface area contributed by atoms with E-state index in [4.69, 9.17) is 16.3 Å². The van der Waals surface area contributed by atoms with Gasteiger partial charge in [-0.3, -0.25) is 9.59 Å². The molecule has 1 N–H and O–H groups in total. The number of aromatic amines is 1. The topological polar surface area (TPSA) is 78.5 Å². The van der Waals surface area contributed by atoms with Crippen LogP contribution < -0.4 is 10.3 Å². The number of piperazine rings is 1. The van der Waals surface area contributed by atoms with E-state index in [0.29, 0.717) is 28.9 Å². The second-order valence-electron chi connectivity index (χ2n) is 6.86. The standard InChI is InChI=1S/C20H18ClFN4O3/c1-25-7-9-26(10-8-25)20(28)14-11-12(5-6-16(14)22)29-19-17-13(18(27)23-24-19)3-2-4-15(17)21/h2-6,11H,7-10H2,1H3,(H,23,27). The average Bonchev–Trinajstić information content (AvgIpc) is 2.72. The molecule has 7 nitrogen and oxygen atoms in total. The second kappa shape index (κ2) is 7.81. The van der Waals surface area contributed by atoms with E-state index in [-0.39, 0.29) is 17.2 Å². The summed E-state index contributed by atoms with van der Waals surface area (Å²) in [7, 11) is 1.98. The Morgan fingerprint density at radius 2 is 1.97 bits per heavy atom. The lowest BCUT2D eigenvalue weighted by Crippen LogP contribution is -2.47. The summed E-state index contributed by atoms with van der Waals surface area (Å²) in [6.07, 6.45) is 0. The van der Waals surface area contributed by atoms with Crippen LogP contribution in [0.4, 0.5) is 4.39 Å². The first-order chi connectivity index (χ1) is 13.9. The van der Waals surface area contributed by atoms with Gasteiger partial charge in [0.25, 0.3) is 11.5 Å². The lowest BCUT2D eigenvalue weighted by Gasteiger charge is -2.32. The number of ether oxygens (including phenoxy) is 1. The third kappa shape index (κ3) is 3.81. The number of halogens is 2. The number of hydrogen-bond donors (Lipinski definition) is 1. The van der Waals surface area contributed by atoms with E-state index in [9.17, 15) is 14.0 Å². The van der Waals surface area contributed by atoms with Crippen molar-refractivity contribution in [1.29, 1.82) is 0 Å². The highest BCUT2D eigenvalue weighted by Gasteiger charge is 2.23. The maximum absolute atomic E-state index is 14.4. The number of likely N-dealkylation sites (N-methyl/N-ethyl adjacent to an activating group) is 1. The number of nitrogens with one attached hydrogen (secondary N) is 1. The maximum Gasteiger partial charge on any atom is 0.272 e. The molecule has 1 aromatic heterocycles. The molecule has 0 bridgehead atoms. The molecular weight excluding hydrogens is 399 g/mol.